The smallest absolute Gasteiger partial charge is 0.326 e. The van der Waals surface area contributed by atoms with Gasteiger partial charge < -0.3 is 14.7 Å². The summed E-state index contributed by atoms with van der Waals surface area (Å²) in [6, 6.07) is 41.0. The molecule has 0 amide bonds. The first kappa shape index (κ1) is 28.9. The zero-order valence-corrected chi connectivity index (χ0v) is 24.3. The molecule has 0 bridgehead atoms. The lowest BCUT2D eigenvalue weighted by Gasteiger charge is -2.39. The van der Waals surface area contributed by atoms with Crippen LogP contribution in [0.1, 0.15) is 22.3 Å². The Labute approximate surface area is 259 Å². The number of hydrogen-bond donors (Lipinski definition) is 2. The summed E-state index contributed by atoms with van der Waals surface area (Å²) in [6.45, 7) is -0.410. The highest BCUT2D eigenvalue weighted by Crippen LogP contribution is 2.37. The first-order valence-corrected chi connectivity index (χ1v) is 14.4. The molecule has 0 aliphatic carbocycles. The molecule has 2 N–H and O–H groups in total. The molecule has 9 heteroatoms. The number of benzene rings is 5. The first-order valence-electron chi connectivity index (χ1n) is 14.1. The minimum Gasteiger partial charge on any atom is -0.508 e. The second kappa shape index (κ2) is 13.0. The lowest BCUT2D eigenvalue weighted by molar-refractivity contribution is -0.160. The topological polar surface area (TPSA) is 98.5 Å². The number of esters is 1. The third kappa shape index (κ3) is 6.13. The molecule has 0 fully saturated rings. The fourth-order valence-corrected chi connectivity index (χ4v) is 5.50. The molecule has 5 aromatic carbocycles. The van der Waals surface area contributed by atoms with Crippen molar-refractivity contribution in [2.75, 3.05) is 6.79 Å². The van der Waals surface area contributed by atoms with Gasteiger partial charge in [0.2, 0.25) is 0 Å². The Balaban J connectivity index is 1.37. The van der Waals surface area contributed by atoms with Crippen LogP contribution in [0.25, 0.3) is 11.0 Å². The largest absolute Gasteiger partial charge is 0.508 e. The Morgan fingerprint density at radius 1 is 0.818 bits per heavy atom. The minimum atomic E-state index is -0.926. The number of fused-ring (bicyclic) bond motifs is 1. The van der Waals surface area contributed by atoms with E-state index in [1.807, 2.05) is 91.0 Å². The Bertz CT molecular complexity index is 1740. The van der Waals surface area contributed by atoms with Gasteiger partial charge in [-0.05, 0) is 64.2 Å². The molecule has 220 valence electrons. The maximum Gasteiger partial charge on any atom is 0.326 e. The zero-order valence-electron chi connectivity index (χ0n) is 23.6. The number of rotatable bonds is 11. The number of aromatic hydroxyl groups is 1. The minimum absolute atomic E-state index is 0.140. The molecule has 1 aromatic heterocycles. The van der Waals surface area contributed by atoms with Crippen LogP contribution in [0.2, 0.25) is 5.02 Å². The van der Waals surface area contributed by atoms with E-state index in [2.05, 4.69) is 15.6 Å². The van der Waals surface area contributed by atoms with Crippen LogP contribution in [0.4, 0.5) is 0 Å². The third-order valence-electron chi connectivity index (χ3n) is 7.43. The van der Waals surface area contributed by atoms with Gasteiger partial charge in [0.1, 0.15) is 22.8 Å². The van der Waals surface area contributed by atoms with Crippen LogP contribution in [-0.2, 0) is 21.5 Å². The van der Waals surface area contributed by atoms with Crippen LogP contribution in [0.3, 0.4) is 0 Å². The number of carbonyl (C=O) groups excluding carboxylic acids is 1. The van der Waals surface area contributed by atoms with E-state index in [0.29, 0.717) is 16.1 Å². The summed E-state index contributed by atoms with van der Waals surface area (Å²) >= 11 is 6.14. The maximum atomic E-state index is 14.0. The lowest BCUT2D eigenvalue weighted by atomic mass is 9.76. The summed E-state index contributed by atoms with van der Waals surface area (Å²) in [5.41, 5.74) is 3.88. The molecule has 44 heavy (non-hydrogen) atoms. The molecule has 1 atom stereocenters. The Morgan fingerprint density at radius 2 is 1.39 bits per heavy atom. The highest BCUT2D eigenvalue weighted by Gasteiger charge is 2.40. The van der Waals surface area contributed by atoms with Crippen molar-refractivity contribution in [3.63, 3.8) is 0 Å². The van der Waals surface area contributed by atoms with Crippen molar-refractivity contribution in [3.8, 4) is 5.75 Å². The average molecular weight is 605 g/mol. The molecule has 0 aliphatic heterocycles. The number of halogens is 1. The number of aromatic nitrogens is 3. The van der Waals surface area contributed by atoms with Crippen LogP contribution in [0.5, 0.6) is 5.75 Å². The monoisotopic (exact) mass is 604 g/mol. The van der Waals surface area contributed by atoms with Gasteiger partial charge in [0, 0.05) is 5.02 Å². The fraction of sp³-hybridized carbons (Fsp3) is 0.114. The van der Waals surface area contributed by atoms with Gasteiger partial charge in [0.15, 0.2) is 0 Å². The fourth-order valence-electron chi connectivity index (χ4n) is 5.34. The van der Waals surface area contributed by atoms with E-state index in [4.69, 9.17) is 21.2 Å². The van der Waals surface area contributed by atoms with Gasteiger partial charge in [-0.15, -0.1) is 5.10 Å². The summed E-state index contributed by atoms with van der Waals surface area (Å²) in [7, 11) is 0. The molecular formula is C35H29ClN4O4. The normalized spacial score (nSPS) is 12.1. The highest BCUT2D eigenvalue weighted by atomic mass is 35.5. The van der Waals surface area contributed by atoms with Gasteiger partial charge in [-0.25, -0.2) is 0 Å². The summed E-state index contributed by atoms with van der Waals surface area (Å²) in [5.74, 6) is -0.394. The second-order valence-electron chi connectivity index (χ2n) is 10.2. The molecule has 0 saturated carbocycles. The molecule has 0 spiro atoms. The van der Waals surface area contributed by atoms with Crippen molar-refractivity contribution in [3.05, 3.63) is 161 Å². The molecule has 0 saturated heterocycles. The highest BCUT2D eigenvalue weighted by molar-refractivity contribution is 6.31. The van der Waals surface area contributed by atoms with Gasteiger partial charge in [-0.1, -0.05) is 120 Å². The van der Waals surface area contributed by atoms with Gasteiger partial charge in [0.25, 0.3) is 6.79 Å². The van der Waals surface area contributed by atoms with Crippen LogP contribution in [-0.4, -0.2) is 39.1 Å². The number of hydrogen-bond acceptors (Lipinski definition) is 7. The van der Waals surface area contributed by atoms with Crippen molar-refractivity contribution in [1.29, 1.82) is 0 Å². The van der Waals surface area contributed by atoms with E-state index >= 15 is 0 Å². The van der Waals surface area contributed by atoms with Crippen LogP contribution < -0.4 is 10.2 Å². The molecule has 0 aliphatic rings. The molecule has 1 heterocycles. The maximum absolute atomic E-state index is 14.0. The van der Waals surface area contributed by atoms with Crippen LogP contribution in [0, 0.1) is 0 Å². The average Bonchev–Trinajstić information content (AvgIpc) is 3.47. The van der Waals surface area contributed by atoms with E-state index in [9.17, 15) is 9.90 Å². The number of nitrogens with one attached hydrogen (secondary N) is 1. The van der Waals surface area contributed by atoms with E-state index < -0.39 is 24.3 Å². The first-order chi connectivity index (χ1) is 21.5. The summed E-state index contributed by atoms with van der Waals surface area (Å²) in [5, 5.41) is 22.1. The number of phenolic OH excluding ortho intramolecular Hbond substituents is 1. The summed E-state index contributed by atoms with van der Waals surface area (Å²) in [4.78, 5) is 20.8. The van der Waals surface area contributed by atoms with Gasteiger partial charge >= 0.3 is 5.97 Å². The third-order valence-corrected chi connectivity index (χ3v) is 7.66. The van der Waals surface area contributed by atoms with Crippen molar-refractivity contribution in [2.45, 2.75) is 18.0 Å². The molecule has 0 unspecified atom stereocenters. The number of nitrogens with zero attached hydrogens (tertiary/aromatic N) is 3. The van der Waals surface area contributed by atoms with Crippen molar-refractivity contribution < 1.29 is 19.5 Å². The summed E-state index contributed by atoms with van der Waals surface area (Å²) in [6.07, 6.45) is 0.273. The molecular weight excluding hydrogens is 576 g/mol. The van der Waals surface area contributed by atoms with Gasteiger partial charge in [-0.2, -0.15) is 0 Å². The Hall–Kier alpha value is -5.18. The van der Waals surface area contributed by atoms with E-state index in [1.54, 1.807) is 42.5 Å². The van der Waals surface area contributed by atoms with Crippen molar-refractivity contribution in [2.24, 2.45) is 0 Å². The van der Waals surface area contributed by atoms with Gasteiger partial charge in [0.05, 0.1) is 5.54 Å². The predicted octanol–water partition coefficient (Wildman–Crippen LogP) is 5.91. The Morgan fingerprint density at radius 3 is 1.95 bits per heavy atom. The summed E-state index contributed by atoms with van der Waals surface area (Å²) < 4.78 is 5.71. The standard InChI is InChI=1S/C35H29ClN4O4/c36-29-18-21-31-33(23-29)40(39-38-31)44-24-43-34(42)32(22-25-16-19-30(41)20-17-25)37-35(26-10-4-1-5-11-26,27-12-6-2-7-13-27)28-14-8-3-9-15-28/h1-21,23,32,37,41H,22,24H2/t32-/m1/s1. The molecule has 8 nitrogen and oxygen atoms in total. The molecule has 0 radical (unpaired) electrons. The SMILES string of the molecule is O=C(OCOn1nnc2ccc(Cl)cc21)[C@@H](Cc1ccc(O)cc1)NC(c1ccccc1)(c1ccccc1)c1ccccc1. The van der Waals surface area contributed by atoms with Crippen LogP contribution in [0.15, 0.2) is 133 Å². The molecule has 6 aromatic rings. The van der Waals surface area contributed by atoms with Gasteiger partial charge in [-0.3, -0.25) is 10.1 Å². The second-order valence-corrected chi connectivity index (χ2v) is 10.7. The Kier molecular flexibility index (Phi) is 8.54. The van der Waals surface area contributed by atoms with Crippen molar-refractivity contribution in [1.82, 2.24) is 20.5 Å². The van der Waals surface area contributed by atoms with Crippen LogP contribution >= 0.6 is 11.6 Å². The van der Waals surface area contributed by atoms with E-state index in [1.165, 1.54) is 4.85 Å². The number of ether oxygens (including phenoxy) is 1. The number of phenols is 1. The van der Waals surface area contributed by atoms with E-state index in [-0.39, 0.29) is 12.2 Å². The van der Waals surface area contributed by atoms with Crippen molar-refractivity contribution >= 4 is 28.6 Å². The predicted molar refractivity (Wildman–Crippen MR) is 168 cm³/mol. The molecule has 6 rings (SSSR count). The number of carbonyl (C=O) groups is 1. The van der Waals surface area contributed by atoms with E-state index in [0.717, 1.165) is 22.3 Å². The quantitative estimate of drug-likeness (QED) is 0.108. The zero-order chi connectivity index (χ0) is 30.4. The lowest BCUT2D eigenvalue weighted by Crippen LogP contribution is -2.54.